The second-order valence-corrected chi connectivity index (χ2v) is 10.0. The second kappa shape index (κ2) is 0.721. The van der Waals surface area contributed by atoms with Crippen LogP contribution < -0.4 is 0 Å². The molecule has 27 valence electrons. The van der Waals surface area contributed by atoms with Crippen LogP contribution in [-0.2, 0) is 0 Å². The molecule has 1 heteroatoms. The summed E-state index contributed by atoms with van der Waals surface area (Å²) in [5.74, 6) is 1.30. The van der Waals surface area contributed by atoms with Gasteiger partial charge in [-0.25, -0.2) is 0 Å². The molecule has 3 saturated heterocycles. The number of hydrogen-bond donors (Lipinski definition) is 0. The molecule has 3 heterocycles. The van der Waals surface area contributed by atoms with Gasteiger partial charge in [0, 0.05) is 0 Å². The molecule has 3 rings (SSSR count). The van der Waals surface area contributed by atoms with Gasteiger partial charge in [0.1, 0.15) is 0 Å². The second-order valence-electron chi connectivity index (χ2n) is 2.23. The number of rotatable bonds is 0. The van der Waals surface area contributed by atoms with Crippen molar-refractivity contribution in [1.82, 2.24) is 0 Å². The first-order chi connectivity index (χ1) is 2.45. The molecule has 2 bridgehead atoms. The van der Waals surface area contributed by atoms with Crippen LogP contribution in [0.25, 0.3) is 0 Å². The van der Waals surface area contributed by atoms with Crippen molar-refractivity contribution in [1.29, 1.82) is 0 Å². The van der Waals surface area contributed by atoms with E-state index < -0.39 is 0 Å². The van der Waals surface area contributed by atoms with Crippen LogP contribution in [0.15, 0.2) is 0 Å². The van der Waals surface area contributed by atoms with Crippen LogP contribution in [0.5, 0.6) is 0 Å². The van der Waals surface area contributed by atoms with E-state index >= 15 is 0 Å². The molecule has 3 fully saturated rings. The van der Waals surface area contributed by atoms with Gasteiger partial charge in [0.15, 0.2) is 0 Å². The van der Waals surface area contributed by atoms with E-state index in [1.165, 1.54) is 5.92 Å². The van der Waals surface area contributed by atoms with Crippen molar-refractivity contribution in [3.05, 3.63) is 0 Å². The molecule has 0 nitrogen and oxygen atoms in total. The zero-order chi connectivity index (χ0) is 3.28. The molecular weight excluding hydrogens is 167 g/mol. The summed E-state index contributed by atoms with van der Waals surface area (Å²) in [5.41, 5.74) is 0. The predicted molar refractivity (Wildman–Crippen MR) is 23.7 cm³/mol. The maximum absolute atomic E-state index is 1.78. The van der Waals surface area contributed by atoms with E-state index in [-0.39, 0.29) is 19.8 Å². The first-order valence-corrected chi connectivity index (χ1v) is 8.34. The molecule has 0 aliphatic carbocycles. The van der Waals surface area contributed by atoms with Gasteiger partial charge in [0.2, 0.25) is 0 Å². The topological polar surface area (TPSA) is 0 Å². The predicted octanol–water partition coefficient (Wildman–Crippen LogP) is 1.12. The molecule has 0 amide bonds. The monoisotopic (exact) mass is 175 g/mol. The fraction of sp³-hybridized carbons (Fsp3) is 1.00. The van der Waals surface area contributed by atoms with Gasteiger partial charge >= 0.3 is 39.0 Å². The molecule has 0 unspecified atom stereocenters. The molecule has 0 N–H and O–H groups in total. The van der Waals surface area contributed by atoms with E-state index in [2.05, 4.69) is 0 Å². The fourth-order valence-electron chi connectivity index (χ4n) is 1.05. The van der Waals surface area contributed by atoms with Crippen LogP contribution in [-0.4, -0.2) is 19.8 Å². The van der Waals surface area contributed by atoms with E-state index in [0.29, 0.717) is 0 Å². The first-order valence-electron chi connectivity index (χ1n) is 2.29. The van der Waals surface area contributed by atoms with Gasteiger partial charge in [0.25, 0.3) is 0 Å². The van der Waals surface area contributed by atoms with Crippen LogP contribution in [0, 0.1) is 5.92 Å². The van der Waals surface area contributed by atoms with Gasteiger partial charge in [-0.15, -0.1) is 0 Å². The minimum absolute atomic E-state index is 0.256. The average Bonchev–Trinajstić information content (AvgIpc) is 0.592. The summed E-state index contributed by atoms with van der Waals surface area (Å²) in [6.45, 7) is 0. The normalized spacial score (nSPS) is 36.0. The average molecular weight is 174 g/mol. The molecule has 0 aromatic heterocycles. The quantitative estimate of drug-likeness (QED) is 0.482. The maximum atomic E-state index is 1.78. The third-order valence-corrected chi connectivity index (χ3v) is 11.6. The Labute approximate surface area is 39.3 Å². The Morgan fingerprint density at radius 1 is 1.20 bits per heavy atom. The summed E-state index contributed by atoms with van der Waals surface area (Å²) in [6, 6.07) is 0. The summed E-state index contributed by atoms with van der Waals surface area (Å²) in [6.07, 6.45) is 0. The molecular formula is C4H7Sn. The molecule has 0 atom stereocenters. The van der Waals surface area contributed by atoms with Gasteiger partial charge in [-0.2, -0.15) is 0 Å². The van der Waals surface area contributed by atoms with Gasteiger partial charge in [-0.3, -0.25) is 0 Å². The van der Waals surface area contributed by atoms with Crippen molar-refractivity contribution in [2.24, 2.45) is 5.92 Å². The zero-order valence-electron chi connectivity index (χ0n) is 3.20. The summed E-state index contributed by atoms with van der Waals surface area (Å²) >= 11 is -0.256. The van der Waals surface area contributed by atoms with E-state index in [4.69, 9.17) is 0 Å². The minimum atomic E-state index is -0.256. The third-order valence-electron chi connectivity index (χ3n) is 1.73. The van der Waals surface area contributed by atoms with Crippen molar-refractivity contribution < 1.29 is 0 Å². The van der Waals surface area contributed by atoms with Gasteiger partial charge < -0.3 is 0 Å². The van der Waals surface area contributed by atoms with Crippen molar-refractivity contribution in [3.63, 3.8) is 0 Å². The van der Waals surface area contributed by atoms with Gasteiger partial charge in [-0.1, -0.05) is 0 Å². The fourth-order valence-corrected chi connectivity index (χ4v) is 7.01. The van der Waals surface area contributed by atoms with Crippen molar-refractivity contribution >= 4 is 19.8 Å². The molecule has 3 aliphatic rings. The first kappa shape index (κ1) is 2.89. The van der Waals surface area contributed by atoms with E-state index in [9.17, 15) is 0 Å². The van der Waals surface area contributed by atoms with Crippen LogP contribution >= 0.6 is 0 Å². The molecule has 0 spiro atoms. The van der Waals surface area contributed by atoms with Crippen LogP contribution in [0.4, 0.5) is 0 Å². The third kappa shape index (κ3) is 0.229. The van der Waals surface area contributed by atoms with Crippen LogP contribution in [0.1, 0.15) is 0 Å². The summed E-state index contributed by atoms with van der Waals surface area (Å²) in [7, 11) is 0. The Morgan fingerprint density at radius 3 is 1.40 bits per heavy atom. The summed E-state index contributed by atoms with van der Waals surface area (Å²) in [4.78, 5) is 0. The Bertz CT molecular complexity index is 40.4. The van der Waals surface area contributed by atoms with Crippen molar-refractivity contribution in [2.75, 3.05) is 0 Å². The van der Waals surface area contributed by atoms with E-state index in [0.717, 1.165) is 0 Å². The molecule has 0 aromatic carbocycles. The molecule has 0 saturated carbocycles. The Morgan fingerprint density at radius 2 is 1.40 bits per heavy atom. The van der Waals surface area contributed by atoms with Crippen molar-refractivity contribution in [2.45, 2.75) is 13.3 Å². The SMILES string of the molecule is [CH2]1C2[CH2][Sn]1[CH2]2. The Hall–Kier alpha value is 0.799. The Balaban J connectivity index is 2.19. The molecule has 1 radical (unpaired) electrons. The van der Waals surface area contributed by atoms with E-state index in [1.807, 2.05) is 0 Å². The van der Waals surface area contributed by atoms with Gasteiger partial charge in [0.05, 0.1) is 0 Å². The number of hydrogen-bond acceptors (Lipinski definition) is 0. The summed E-state index contributed by atoms with van der Waals surface area (Å²) < 4.78 is 5.34. The standard InChI is InChI=1S/C4H7.Sn/c1-4(2)3;/h4H,1-3H2;. The zero-order valence-corrected chi connectivity index (χ0v) is 6.05. The van der Waals surface area contributed by atoms with E-state index in [1.54, 1.807) is 13.3 Å². The van der Waals surface area contributed by atoms with Crippen LogP contribution in [0.2, 0.25) is 13.3 Å². The van der Waals surface area contributed by atoms with Crippen molar-refractivity contribution in [3.8, 4) is 0 Å². The molecule has 5 heavy (non-hydrogen) atoms. The van der Waals surface area contributed by atoms with Gasteiger partial charge in [-0.05, 0) is 0 Å². The van der Waals surface area contributed by atoms with Crippen LogP contribution in [0.3, 0.4) is 0 Å². The Kier molecular flexibility index (Phi) is 0.417. The summed E-state index contributed by atoms with van der Waals surface area (Å²) in [5, 5.41) is 0. The molecule has 3 aliphatic heterocycles. The molecule has 0 aromatic rings.